The third-order valence-electron chi connectivity index (χ3n) is 5.86. The number of nitrogens with zero attached hydrogens (tertiary/aromatic N) is 3. The summed E-state index contributed by atoms with van der Waals surface area (Å²) in [6, 6.07) is 6.56. The molecule has 2 amide bonds. The highest BCUT2D eigenvalue weighted by Gasteiger charge is 2.32. The number of amides is 2. The van der Waals surface area contributed by atoms with Gasteiger partial charge in [0.2, 0.25) is 5.96 Å². The van der Waals surface area contributed by atoms with Gasteiger partial charge in [0.25, 0.3) is 10.1 Å². The fraction of sp³-hybridized carbons (Fsp3) is 0.679. The first kappa shape index (κ1) is 32.6. The summed E-state index contributed by atoms with van der Waals surface area (Å²) >= 11 is 0. The lowest BCUT2D eigenvalue weighted by atomic mass is 9.94. The Morgan fingerprint density at radius 2 is 1.56 bits per heavy atom. The van der Waals surface area contributed by atoms with Gasteiger partial charge in [0.15, 0.2) is 0 Å². The molecular weight excluding hydrogens is 522 g/mol. The van der Waals surface area contributed by atoms with Crippen LogP contribution >= 0.6 is 0 Å². The van der Waals surface area contributed by atoms with Crippen molar-refractivity contribution in [3.05, 3.63) is 29.8 Å². The predicted molar refractivity (Wildman–Crippen MR) is 150 cm³/mol. The first-order valence-corrected chi connectivity index (χ1v) is 14.9. The van der Waals surface area contributed by atoms with Gasteiger partial charge in [-0.25, -0.2) is 14.5 Å². The Bertz CT molecular complexity index is 1100. The average Bonchev–Trinajstić information content (AvgIpc) is 2.80. The van der Waals surface area contributed by atoms with E-state index in [0.717, 1.165) is 18.4 Å². The van der Waals surface area contributed by atoms with Crippen molar-refractivity contribution in [2.75, 3.05) is 26.2 Å². The number of hydrogen-bond acceptors (Lipinski definition) is 7. The molecule has 0 radical (unpaired) electrons. The topological polar surface area (TPSA) is 115 Å². The van der Waals surface area contributed by atoms with Gasteiger partial charge in [-0.2, -0.15) is 8.42 Å². The van der Waals surface area contributed by atoms with Crippen LogP contribution in [0.5, 0.6) is 0 Å². The summed E-state index contributed by atoms with van der Waals surface area (Å²) in [5.41, 5.74) is -0.482. The highest BCUT2D eigenvalue weighted by Crippen LogP contribution is 2.24. The fourth-order valence-corrected chi connectivity index (χ4v) is 4.92. The predicted octanol–water partition coefficient (Wildman–Crippen LogP) is 5.74. The fourth-order valence-electron chi connectivity index (χ4n) is 4.00. The van der Waals surface area contributed by atoms with Crippen LogP contribution < -0.4 is 0 Å². The highest BCUT2D eigenvalue weighted by atomic mass is 32.2. The van der Waals surface area contributed by atoms with Gasteiger partial charge in [0.05, 0.1) is 11.5 Å². The van der Waals surface area contributed by atoms with Gasteiger partial charge >= 0.3 is 12.2 Å². The molecule has 220 valence electrons. The molecule has 10 nitrogen and oxygen atoms in total. The van der Waals surface area contributed by atoms with Gasteiger partial charge in [-0.15, -0.1) is 4.99 Å². The summed E-state index contributed by atoms with van der Waals surface area (Å²) < 4.78 is 41.3. The van der Waals surface area contributed by atoms with E-state index in [1.807, 2.05) is 18.7 Å². The summed E-state index contributed by atoms with van der Waals surface area (Å²) in [5.74, 6) is 0.426. The molecule has 11 heteroatoms. The number of guanidine groups is 1. The first-order chi connectivity index (χ1) is 18.0. The van der Waals surface area contributed by atoms with E-state index in [1.165, 1.54) is 4.90 Å². The third kappa shape index (κ3) is 11.2. The van der Waals surface area contributed by atoms with Crippen LogP contribution in [0.3, 0.4) is 0 Å². The van der Waals surface area contributed by atoms with Crippen LogP contribution in [0, 0.1) is 12.8 Å². The minimum absolute atomic E-state index is 0.0829. The van der Waals surface area contributed by atoms with Gasteiger partial charge in [-0.05, 0) is 92.2 Å². The first-order valence-electron chi connectivity index (χ1n) is 13.5. The van der Waals surface area contributed by atoms with E-state index >= 15 is 0 Å². The number of piperidine rings is 1. The Kier molecular flexibility index (Phi) is 11.4. The molecule has 0 aliphatic carbocycles. The largest absolute Gasteiger partial charge is 0.443 e. The second-order valence-electron chi connectivity index (χ2n) is 11.8. The molecule has 0 N–H and O–H groups in total. The quantitative estimate of drug-likeness (QED) is 0.233. The van der Waals surface area contributed by atoms with Crippen molar-refractivity contribution in [3.63, 3.8) is 0 Å². The molecule has 0 saturated carbocycles. The molecule has 1 aromatic carbocycles. The zero-order valence-electron chi connectivity index (χ0n) is 24.7. The van der Waals surface area contributed by atoms with E-state index < -0.39 is 33.5 Å². The molecule has 1 saturated heterocycles. The molecule has 0 unspecified atom stereocenters. The summed E-state index contributed by atoms with van der Waals surface area (Å²) in [6.07, 6.45) is 1.28. The maximum atomic E-state index is 13.1. The second-order valence-corrected chi connectivity index (χ2v) is 13.4. The molecule has 1 aliphatic heterocycles. The molecule has 0 aromatic heterocycles. The third-order valence-corrected chi connectivity index (χ3v) is 7.19. The zero-order valence-corrected chi connectivity index (χ0v) is 25.5. The van der Waals surface area contributed by atoms with Crippen LogP contribution in [-0.4, -0.2) is 73.8 Å². The van der Waals surface area contributed by atoms with Gasteiger partial charge in [-0.1, -0.05) is 24.6 Å². The Morgan fingerprint density at radius 1 is 1.00 bits per heavy atom. The highest BCUT2D eigenvalue weighted by molar-refractivity contribution is 7.86. The van der Waals surface area contributed by atoms with Gasteiger partial charge < -0.3 is 14.4 Å². The van der Waals surface area contributed by atoms with Crippen molar-refractivity contribution < 1.29 is 31.7 Å². The molecular formula is C28H45N3O7S. The Balaban J connectivity index is 2.10. The van der Waals surface area contributed by atoms with Crippen molar-refractivity contribution >= 4 is 28.3 Å². The van der Waals surface area contributed by atoms with Crippen molar-refractivity contribution in [2.24, 2.45) is 10.9 Å². The van der Waals surface area contributed by atoms with Gasteiger partial charge in [0, 0.05) is 19.6 Å². The standard InChI is InChI=1S/C28H45N3O7S/c1-9-17-31(26(33)38-28(6,7)8)24(29-25(32)37-27(3,4)5)30-18-14-22(15-19-30)16-20-36-39(34,35)23-12-10-21(2)11-13-23/h10-13,22H,9,14-20H2,1-8H3. The SMILES string of the molecule is CCCN(C(=O)OC(C)(C)C)C(=NC(=O)OC(C)(C)C)N1CCC(CCOS(=O)(=O)c2ccc(C)cc2)CC1. The Hall–Kier alpha value is -2.66. The number of carbonyl (C=O) groups excluding carboxylic acids is 2. The van der Waals surface area contributed by atoms with E-state index in [-0.39, 0.29) is 23.4 Å². The molecule has 2 rings (SSSR count). The number of rotatable bonds is 7. The lowest BCUT2D eigenvalue weighted by Crippen LogP contribution is -2.52. The Morgan fingerprint density at radius 3 is 2.08 bits per heavy atom. The van der Waals surface area contributed by atoms with Crippen LogP contribution in [0.1, 0.15) is 79.7 Å². The van der Waals surface area contributed by atoms with E-state index in [1.54, 1.807) is 65.8 Å². The maximum absolute atomic E-state index is 13.1. The summed E-state index contributed by atoms with van der Waals surface area (Å²) in [7, 11) is -3.81. The summed E-state index contributed by atoms with van der Waals surface area (Å²) in [5, 5.41) is 0. The van der Waals surface area contributed by atoms with Gasteiger partial charge in [0.1, 0.15) is 11.2 Å². The maximum Gasteiger partial charge on any atom is 0.437 e. The monoisotopic (exact) mass is 567 g/mol. The minimum Gasteiger partial charge on any atom is -0.443 e. The lowest BCUT2D eigenvalue weighted by molar-refractivity contribution is 0.0341. The number of aryl methyl sites for hydroxylation is 1. The Labute approximate surface area is 233 Å². The molecule has 0 spiro atoms. The van der Waals surface area contributed by atoms with E-state index in [0.29, 0.717) is 32.5 Å². The molecule has 1 aromatic rings. The van der Waals surface area contributed by atoms with Crippen LogP contribution in [0.25, 0.3) is 0 Å². The van der Waals surface area contributed by atoms with Crippen LogP contribution in [0.2, 0.25) is 0 Å². The number of carbonyl (C=O) groups is 2. The number of benzene rings is 1. The zero-order chi connectivity index (χ0) is 29.4. The number of aliphatic imine (C=N–C) groups is 1. The molecule has 0 bridgehead atoms. The van der Waals surface area contributed by atoms with Crippen molar-refractivity contribution in [2.45, 2.75) is 97.2 Å². The van der Waals surface area contributed by atoms with Crippen molar-refractivity contribution in [3.8, 4) is 0 Å². The summed E-state index contributed by atoms with van der Waals surface area (Å²) in [4.78, 5) is 33.4. The summed E-state index contributed by atoms with van der Waals surface area (Å²) in [6.45, 7) is 15.9. The van der Waals surface area contributed by atoms with E-state index in [4.69, 9.17) is 13.7 Å². The molecule has 39 heavy (non-hydrogen) atoms. The lowest BCUT2D eigenvalue weighted by Gasteiger charge is -2.38. The number of ether oxygens (including phenoxy) is 2. The molecule has 1 aliphatic rings. The normalized spacial score (nSPS) is 15.7. The number of hydrogen-bond donors (Lipinski definition) is 0. The molecule has 1 fully saturated rings. The number of likely N-dealkylation sites (tertiary alicyclic amines) is 1. The van der Waals surface area contributed by atoms with E-state index in [2.05, 4.69) is 4.99 Å². The molecule has 1 heterocycles. The van der Waals surface area contributed by atoms with Crippen LogP contribution in [0.15, 0.2) is 34.2 Å². The van der Waals surface area contributed by atoms with Crippen molar-refractivity contribution in [1.82, 2.24) is 9.80 Å². The molecule has 0 atom stereocenters. The average molecular weight is 568 g/mol. The van der Waals surface area contributed by atoms with E-state index in [9.17, 15) is 18.0 Å². The van der Waals surface area contributed by atoms with Crippen LogP contribution in [0.4, 0.5) is 9.59 Å². The van der Waals surface area contributed by atoms with Crippen LogP contribution in [-0.2, 0) is 23.8 Å². The smallest absolute Gasteiger partial charge is 0.437 e. The van der Waals surface area contributed by atoms with Crippen molar-refractivity contribution in [1.29, 1.82) is 0 Å². The minimum atomic E-state index is -3.81. The second kappa shape index (κ2) is 13.6. The van der Waals surface area contributed by atoms with Gasteiger partial charge in [-0.3, -0.25) is 4.18 Å².